The quantitative estimate of drug-likeness (QED) is 0.0233. The maximum Gasteiger partial charge on any atom is 0.472 e. The maximum atomic E-state index is 12.4. The van der Waals surface area contributed by atoms with Gasteiger partial charge in [0.1, 0.15) is 12.2 Å². The molecule has 3 atom stereocenters. The van der Waals surface area contributed by atoms with Crippen LogP contribution in [-0.2, 0) is 32.7 Å². The zero-order valence-electron chi connectivity index (χ0n) is 39.1. The number of unbranched alkanes of at least 4 members (excludes halogenated alkanes) is 19. The minimum Gasteiger partial charge on any atom is -0.457 e. The Balaban J connectivity index is 3.89. The number of rotatable bonds is 45. The van der Waals surface area contributed by atoms with Crippen molar-refractivity contribution in [3.05, 3.63) is 72.9 Å². The molecule has 0 fully saturated rings. The Bertz CT molecular complexity index is 1260. The number of carbonyl (C=O) groups is 2. The van der Waals surface area contributed by atoms with Crippen molar-refractivity contribution in [1.82, 2.24) is 0 Å². The Morgan fingerprint density at radius 2 is 0.758 bits per heavy atom. The van der Waals surface area contributed by atoms with Crippen LogP contribution in [0.4, 0.5) is 0 Å². The predicted molar refractivity (Wildman–Crippen MR) is 256 cm³/mol. The number of hydrogen-bond donors (Lipinski definition) is 3. The molecule has 0 bridgehead atoms. The predicted octanol–water partition coefficient (Wildman–Crippen LogP) is 13.6. The van der Waals surface area contributed by atoms with Crippen LogP contribution in [0, 0.1) is 0 Å². The first-order valence-electron chi connectivity index (χ1n) is 24.4. The summed E-state index contributed by atoms with van der Waals surface area (Å²) in [6.45, 7) is 2.06. The van der Waals surface area contributed by atoms with Gasteiger partial charge in [-0.2, -0.15) is 0 Å². The van der Waals surface area contributed by atoms with Gasteiger partial charge in [0.15, 0.2) is 0 Å². The molecule has 62 heavy (non-hydrogen) atoms. The molecule has 11 heteroatoms. The molecule has 0 radical (unpaired) electrons. The Labute approximate surface area is 378 Å². The first-order valence-corrected chi connectivity index (χ1v) is 25.9. The summed E-state index contributed by atoms with van der Waals surface area (Å²) in [5, 5.41) is 19.2. The summed E-state index contributed by atoms with van der Waals surface area (Å²) in [5.41, 5.74) is 0. The van der Waals surface area contributed by atoms with Gasteiger partial charge in [0.25, 0.3) is 0 Å². The molecule has 0 spiro atoms. The van der Waals surface area contributed by atoms with E-state index in [2.05, 4.69) is 86.8 Å². The van der Waals surface area contributed by atoms with E-state index in [0.29, 0.717) is 12.8 Å². The van der Waals surface area contributed by atoms with E-state index in [0.717, 1.165) is 89.9 Å². The molecule has 0 aromatic heterocycles. The van der Waals surface area contributed by atoms with Gasteiger partial charge in [-0.05, 0) is 83.5 Å². The third-order valence-corrected chi connectivity index (χ3v) is 11.1. The Morgan fingerprint density at radius 3 is 1.10 bits per heavy atom. The zero-order valence-corrected chi connectivity index (χ0v) is 40.0. The lowest BCUT2D eigenvalue weighted by Crippen LogP contribution is -2.28. The molecule has 0 amide bonds. The van der Waals surface area contributed by atoms with Gasteiger partial charge in [0, 0.05) is 12.8 Å². The van der Waals surface area contributed by atoms with E-state index in [1.807, 2.05) is 0 Å². The first kappa shape index (κ1) is 59.4. The summed E-state index contributed by atoms with van der Waals surface area (Å²) >= 11 is 0. The van der Waals surface area contributed by atoms with E-state index in [-0.39, 0.29) is 12.8 Å². The van der Waals surface area contributed by atoms with E-state index in [9.17, 15) is 29.3 Å². The second-order valence-electron chi connectivity index (χ2n) is 16.1. The van der Waals surface area contributed by atoms with Gasteiger partial charge in [-0.3, -0.25) is 18.6 Å². The molecule has 0 heterocycles. The fraction of sp³-hybridized carbons (Fsp3) is 0.725. The topological polar surface area (TPSA) is 149 Å². The summed E-state index contributed by atoms with van der Waals surface area (Å²) < 4.78 is 32.7. The number of allylic oxidation sites excluding steroid dienone is 12. The molecule has 0 aliphatic rings. The monoisotopic (exact) mass is 893 g/mol. The highest BCUT2D eigenvalue weighted by atomic mass is 31.2. The highest BCUT2D eigenvalue weighted by molar-refractivity contribution is 7.47. The molecule has 3 unspecified atom stereocenters. The molecule has 10 nitrogen and oxygen atoms in total. The molecule has 0 aliphatic carbocycles. The Kier molecular flexibility index (Phi) is 44.5. The fourth-order valence-electron chi connectivity index (χ4n) is 6.43. The Hall–Kier alpha value is -2.59. The van der Waals surface area contributed by atoms with Crippen molar-refractivity contribution in [2.45, 2.75) is 212 Å². The van der Waals surface area contributed by atoms with Gasteiger partial charge >= 0.3 is 19.8 Å². The van der Waals surface area contributed by atoms with Gasteiger partial charge in [-0.25, -0.2) is 4.57 Å². The molecule has 0 saturated carbocycles. The summed E-state index contributed by atoms with van der Waals surface area (Å²) in [5.74, 6) is -1.04. The molecule has 358 valence electrons. The second-order valence-corrected chi connectivity index (χ2v) is 17.5. The van der Waals surface area contributed by atoms with Crippen molar-refractivity contribution in [3.8, 4) is 0 Å². The lowest BCUT2D eigenvalue weighted by atomic mass is 10.0. The molecule has 0 rings (SSSR count). The Morgan fingerprint density at radius 1 is 0.452 bits per heavy atom. The van der Waals surface area contributed by atoms with Crippen LogP contribution in [0.5, 0.6) is 0 Å². The standard InChI is InChI=1S/C51H89O10P/c1-3-5-7-9-11-13-15-17-19-21-22-23-24-25-26-27-29-31-33-35-37-39-41-43-51(55)61-49(45-53)47-59-62(56,57)58-46-48(44-52)60-50(54)42-40-38-36-34-32-30-28-20-18-16-14-12-10-8-6-4-2/h5,7,11,13-14,16-17,19-20,22-23,28,48-49,52-53H,3-4,6,8-10,12,15,18,21,24-27,29-47H2,1-2H3,(H,56,57)/b7-5-,13-11-,16-14-,19-17-,23-22-,28-20-. The van der Waals surface area contributed by atoms with Crippen molar-refractivity contribution in [2.24, 2.45) is 0 Å². The van der Waals surface area contributed by atoms with Crippen LogP contribution in [0.2, 0.25) is 0 Å². The minimum absolute atomic E-state index is 0.174. The van der Waals surface area contributed by atoms with E-state index in [4.69, 9.17) is 18.5 Å². The molecular weight excluding hydrogens is 804 g/mol. The molecule has 0 saturated heterocycles. The molecule has 0 aromatic carbocycles. The SMILES string of the molecule is CC/C=C\C/C=C\C/C=C\C/C=C\CCCCCCCCCCCCC(=O)OC(CO)COP(=O)(O)OCC(CO)OC(=O)CCCCCCC/C=C\C/C=C\CCCCCC. The van der Waals surface area contributed by atoms with E-state index < -0.39 is 58.4 Å². The second kappa shape index (κ2) is 46.4. The van der Waals surface area contributed by atoms with Gasteiger partial charge in [-0.15, -0.1) is 0 Å². The number of phosphoric acid groups is 1. The van der Waals surface area contributed by atoms with Crippen LogP contribution in [0.3, 0.4) is 0 Å². The lowest BCUT2D eigenvalue weighted by molar-refractivity contribution is -0.153. The number of phosphoric ester groups is 1. The zero-order chi connectivity index (χ0) is 45.5. The number of aliphatic hydroxyl groups is 2. The molecule has 3 N–H and O–H groups in total. The molecule has 0 aromatic rings. The highest BCUT2D eigenvalue weighted by Gasteiger charge is 2.27. The van der Waals surface area contributed by atoms with Gasteiger partial charge in [0.05, 0.1) is 26.4 Å². The van der Waals surface area contributed by atoms with Crippen LogP contribution >= 0.6 is 7.82 Å². The van der Waals surface area contributed by atoms with E-state index >= 15 is 0 Å². The number of hydrogen-bond acceptors (Lipinski definition) is 9. The normalized spacial score (nSPS) is 14.3. The van der Waals surface area contributed by atoms with Gasteiger partial charge in [-0.1, -0.05) is 177 Å². The van der Waals surface area contributed by atoms with Crippen molar-refractivity contribution >= 4 is 19.8 Å². The average Bonchev–Trinajstić information content (AvgIpc) is 3.26. The van der Waals surface area contributed by atoms with Crippen LogP contribution < -0.4 is 0 Å². The van der Waals surface area contributed by atoms with Crippen LogP contribution in [-0.4, -0.2) is 65.7 Å². The van der Waals surface area contributed by atoms with Crippen molar-refractivity contribution in [3.63, 3.8) is 0 Å². The number of carbonyl (C=O) groups excluding carboxylic acids is 2. The maximum absolute atomic E-state index is 12.4. The summed E-state index contributed by atoms with van der Waals surface area (Å²) in [4.78, 5) is 34.6. The summed E-state index contributed by atoms with van der Waals surface area (Å²) in [6, 6.07) is 0. The van der Waals surface area contributed by atoms with Crippen molar-refractivity contribution in [2.75, 3.05) is 26.4 Å². The largest absolute Gasteiger partial charge is 0.472 e. The van der Waals surface area contributed by atoms with Crippen LogP contribution in [0.15, 0.2) is 72.9 Å². The fourth-order valence-corrected chi connectivity index (χ4v) is 7.21. The van der Waals surface area contributed by atoms with Gasteiger partial charge < -0.3 is 24.6 Å². The lowest BCUT2D eigenvalue weighted by Gasteiger charge is -2.20. The smallest absolute Gasteiger partial charge is 0.457 e. The highest BCUT2D eigenvalue weighted by Crippen LogP contribution is 2.43. The summed E-state index contributed by atoms with van der Waals surface area (Å²) in [6.07, 6.45) is 54.4. The first-order chi connectivity index (χ1) is 30.3. The number of esters is 2. The number of ether oxygens (including phenoxy) is 2. The van der Waals surface area contributed by atoms with Gasteiger partial charge in [0.2, 0.25) is 0 Å². The third kappa shape index (κ3) is 44.0. The van der Waals surface area contributed by atoms with Crippen molar-refractivity contribution in [1.29, 1.82) is 0 Å². The average molecular weight is 893 g/mol. The number of aliphatic hydroxyl groups excluding tert-OH is 2. The van der Waals surface area contributed by atoms with Crippen LogP contribution in [0.1, 0.15) is 200 Å². The minimum atomic E-state index is -4.65. The van der Waals surface area contributed by atoms with E-state index in [1.54, 1.807) is 0 Å². The van der Waals surface area contributed by atoms with Crippen molar-refractivity contribution < 1.29 is 47.8 Å². The molecular formula is C51H89O10P. The molecule has 0 aliphatic heterocycles. The van der Waals surface area contributed by atoms with Crippen LogP contribution in [0.25, 0.3) is 0 Å². The third-order valence-electron chi connectivity index (χ3n) is 10.2. The van der Waals surface area contributed by atoms with E-state index in [1.165, 1.54) is 70.6 Å². The summed E-state index contributed by atoms with van der Waals surface area (Å²) in [7, 11) is -4.65.